The molecule has 0 atom stereocenters. The third-order valence-corrected chi connectivity index (χ3v) is 7.89. The van der Waals surface area contributed by atoms with E-state index in [0.717, 1.165) is 26.7 Å². The van der Waals surface area contributed by atoms with Gasteiger partial charge in [-0.05, 0) is 61.3 Å². The maximum absolute atomic E-state index is 5.89. The molecule has 0 saturated heterocycles. The van der Waals surface area contributed by atoms with Gasteiger partial charge in [-0.15, -0.1) is 0 Å². The molecule has 7 rings (SSSR count). The lowest BCUT2D eigenvalue weighted by atomic mass is 9.88. The van der Waals surface area contributed by atoms with Gasteiger partial charge in [-0.1, -0.05) is 88.7 Å². The standard InChI is InChI=1S/C32H21BrO2/c1-34-25-7-3-5-18-9-11-20-13-14-22-17-24(33)23-16-15-21-12-10-19-6-4-8-26(35-2)28(19)30(21)32(23)31(22)29(20)27(18)25/h3-17H,1-2H3. The van der Waals surface area contributed by atoms with Crippen LogP contribution in [0.3, 0.4) is 0 Å². The number of rotatable bonds is 2. The van der Waals surface area contributed by atoms with Crippen molar-refractivity contribution in [2.24, 2.45) is 0 Å². The van der Waals surface area contributed by atoms with E-state index in [1.54, 1.807) is 14.2 Å². The molecule has 0 N–H and O–H groups in total. The molecule has 0 aliphatic heterocycles. The average molecular weight is 517 g/mol. The highest BCUT2D eigenvalue weighted by Gasteiger charge is 2.17. The molecule has 0 radical (unpaired) electrons. The summed E-state index contributed by atoms with van der Waals surface area (Å²) in [7, 11) is 3.50. The molecule has 3 heteroatoms. The predicted octanol–water partition coefficient (Wildman–Crippen LogP) is 9.39. The SMILES string of the molecule is COc1cccc2ccc3ccc4cc(Br)c5ccc6ccc7cccc(OC)c7c6c5c4c3c12. The summed E-state index contributed by atoms with van der Waals surface area (Å²) in [5.74, 6) is 1.77. The predicted molar refractivity (Wildman–Crippen MR) is 152 cm³/mol. The van der Waals surface area contributed by atoms with Gasteiger partial charge in [-0.2, -0.15) is 0 Å². The summed E-state index contributed by atoms with van der Waals surface area (Å²) in [4.78, 5) is 0. The van der Waals surface area contributed by atoms with Crippen LogP contribution in [0.2, 0.25) is 0 Å². The fourth-order valence-electron chi connectivity index (χ4n) is 5.74. The Morgan fingerprint density at radius 1 is 0.457 bits per heavy atom. The second kappa shape index (κ2) is 7.59. The van der Waals surface area contributed by atoms with Crippen LogP contribution in [-0.4, -0.2) is 14.2 Å². The van der Waals surface area contributed by atoms with Crippen molar-refractivity contribution in [2.75, 3.05) is 14.2 Å². The molecule has 0 unspecified atom stereocenters. The second-order valence-electron chi connectivity index (χ2n) is 8.95. The molecule has 35 heavy (non-hydrogen) atoms. The van der Waals surface area contributed by atoms with Crippen molar-refractivity contribution < 1.29 is 9.47 Å². The maximum Gasteiger partial charge on any atom is 0.127 e. The summed E-state index contributed by atoms with van der Waals surface area (Å²) >= 11 is 3.89. The zero-order valence-corrected chi connectivity index (χ0v) is 20.9. The van der Waals surface area contributed by atoms with Crippen molar-refractivity contribution in [3.63, 3.8) is 0 Å². The van der Waals surface area contributed by atoms with E-state index < -0.39 is 0 Å². The van der Waals surface area contributed by atoms with Crippen LogP contribution >= 0.6 is 15.9 Å². The van der Waals surface area contributed by atoms with E-state index in [1.165, 1.54) is 53.9 Å². The van der Waals surface area contributed by atoms with E-state index in [-0.39, 0.29) is 0 Å². The number of fused-ring (bicyclic) bond motifs is 11. The lowest BCUT2D eigenvalue weighted by Crippen LogP contribution is -1.91. The normalized spacial score (nSPS) is 11.9. The monoisotopic (exact) mass is 516 g/mol. The number of benzene rings is 7. The van der Waals surface area contributed by atoms with Crippen LogP contribution < -0.4 is 9.47 Å². The Hall–Kier alpha value is -3.82. The Morgan fingerprint density at radius 2 is 0.886 bits per heavy atom. The zero-order valence-electron chi connectivity index (χ0n) is 19.4. The lowest BCUT2D eigenvalue weighted by Gasteiger charge is -2.17. The van der Waals surface area contributed by atoms with Crippen molar-refractivity contribution in [1.29, 1.82) is 0 Å². The molecule has 0 aliphatic carbocycles. The van der Waals surface area contributed by atoms with Gasteiger partial charge in [0.1, 0.15) is 11.5 Å². The molecule has 0 bridgehead atoms. The molecule has 168 valence electrons. The first kappa shape index (κ1) is 20.5. The first-order valence-corrected chi connectivity index (χ1v) is 12.4. The Balaban J connectivity index is 1.90. The van der Waals surface area contributed by atoms with Crippen molar-refractivity contribution in [1.82, 2.24) is 0 Å². The van der Waals surface area contributed by atoms with Crippen LogP contribution in [-0.2, 0) is 0 Å². The molecular formula is C32H21BrO2. The first-order valence-electron chi connectivity index (χ1n) is 11.6. The van der Waals surface area contributed by atoms with Gasteiger partial charge < -0.3 is 9.47 Å². The molecule has 0 spiro atoms. The quantitative estimate of drug-likeness (QED) is 0.213. The third-order valence-electron chi connectivity index (χ3n) is 7.24. The van der Waals surface area contributed by atoms with E-state index in [4.69, 9.17) is 9.47 Å². The Labute approximate surface area is 210 Å². The second-order valence-corrected chi connectivity index (χ2v) is 9.81. The molecule has 0 saturated carbocycles. The fourth-order valence-corrected chi connectivity index (χ4v) is 6.32. The van der Waals surface area contributed by atoms with E-state index in [9.17, 15) is 0 Å². The Kier molecular flexibility index (Phi) is 4.46. The summed E-state index contributed by atoms with van der Waals surface area (Å²) in [5.41, 5.74) is 0. The summed E-state index contributed by atoms with van der Waals surface area (Å²) in [6.45, 7) is 0. The van der Waals surface area contributed by atoms with Crippen molar-refractivity contribution >= 4 is 80.6 Å². The third kappa shape index (κ3) is 2.82. The van der Waals surface area contributed by atoms with Crippen molar-refractivity contribution in [3.05, 3.63) is 95.5 Å². The van der Waals surface area contributed by atoms with Crippen LogP contribution in [0.1, 0.15) is 0 Å². The Bertz CT molecular complexity index is 1990. The molecular weight excluding hydrogens is 496 g/mol. The number of ether oxygens (including phenoxy) is 2. The molecule has 7 aromatic rings. The van der Waals surface area contributed by atoms with Gasteiger partial charge >= 0.3 is 0 Å². The number of hydrogen-bond acceptors (Lipinski definition) is 2. The summed E-state index contributed by atoms with van der Waals surface area (Å²) in [6.07, 6.45) is 0. The minimum absolute atomic E-state index is 0.886. The van der Waals surface area contributed by atoms with E-state index in [0.29, 0.717) is 0 Å². The molecule has 0 heterocycles. The number of halogens is 1. The first-order chi connectivity index (χ1) is 17.2. The van der Waals surface area contributed by atoms with E-state index >= 15 is 0 Å². The van der Waals surface area contributed by atoms with Crippen LogP contribution in [0.25, 0.3) is 64.6 Å². The highest BCUT2D eigenvalue weighted by Crippen LogP contribution is 2.46. The average Bonchev–Trinajstić information content (AvgIpc) is 2.91. The van der Waals surface area contributed by atoms with Gasteiger partial charge in [-0.3, -0.25) is 0 Å². The molecule has 0 fully saturated rings. The summed E-state index contributed by atoms with van der Waals surface area (Å²) < 4.78 is 12.9. The van der Waals surface area contributed by atoms with Gasteiger partial charge in [0.2, 0.25) is 0 Å². The van der Waals surface area contributed by atoms with E-state index in [2.05, 4.69) is 107 Å². The maximum atomic E-state index is 5.89. The minimum Gasteiger partial charge on any atom is -0.496 e. The lowest BCUT2D eigenvalue weighted by molar-refractivity contribution is 0.420. The van der Waals surface area contributed by atoms with Crippen LogP contribution in [0.4, 0.5) is 0 Å². The van der Waals surface area contributed by atoms with Crippen LogP contribution in [0, 0.1) is 0 Å². The largest absolute Gasteiger partial charge is 0.496 e. The van der Waals surface area contributed by atoms with E-state index in [1.807, 2.05) is 0 Å². The molecule has 0 aromatic heterocycles. The number of hydrogen-bond donors (Lipinski definition) is 0. The van der Waals surface area contributed by atoms with Gasteiger partial charge in [-0.25, -0.2) is 0 Å². The van der Waals surface area contributed by atoms with Gasteiger partial charge in [0, 0.05) is 26.0 Å². The summed E-state index contributed by atoms with van der Waals surface area (Å²) in [6, 6.07) is 32.5. The number of methoxy groups -OCH3 is 2. The highest BCUT2D eigenvalue weighted by atomic mass is 79.9. The summed E-state index contributed by atoms with van der Waals surface area (Å²) in [5, 5.41) is 14.3. The van der Waals surface area contributed by atoms with Gasteiger partial charge in [0.25, 0.3) is 0 Å². The molecule has 0 amide bonds. The topological polar surface area (TPSA) is 18.5 Å². The van der Waals surface area contributed by atoms with Crippen molar-refractivity contribution in [2.45, 2.75) is 0 Å². The zero-order chi connectivity index (χ0) is 23.7. The van der Waals surface area contributed by atoms with Gasteiger partial charge in [0.05, 0.1) is 14.2 Å². The minimum atomic E-state index is 0.886. The van der Waals surface area contributed by atoms with Crippen molar-refractivity contribution in [3.8, 4) is 11.5 Å². The molecule has 2 nitrogen and oxygen atoms in total. The highest BCUT2D eigenvalue weighted by molar-refractivity contribution is 9.10. The molecule has 0 aliphatic rings. The van der Waals surface area contributed by atoms with Crippen LogP contribution in [0.15, 0.2) is 95.5 Å². The molecule has 7 aromatic carbocycles. The fraction of sp³-hybridized carbons (Fsp3) is 0.0625. The van der Waals surface area contributed by atoms with Crippen LogP contribution in [0.5, 0.6) is 11.5 Å². The Morgan fingerprint density at radius 3 is 1.43 bits per heavy atom. The smallest absolute Gasteiger partial charge is 0.127 e. The van der Waals surface area contributed by atoms with Gasteiger partial charge in [0.15, 0.2) is 0 Å².